The fraction of sp³-hybridized carbons (Fsp3) is 0.375. The molecule has 1 atom stereocenters. The van der Waals surface area contributed by atoms with Gasteiger partial charge in [-0.1, -0.05) is 60.1 Å². The van der Waals surface area contributed by atoms with Crippen LogP contribution in [0.4, 0.5) is 0 Å². The lowest BCUT2D eigenvalue weighted by molar-refractivity contribution is -0.128. The quantitative estimate of drug-likeness (QED) is 0.458. The highest BCUT2D eigenvalue weighted by molar-refractivity contribution is 7.98. The number of nitrogens with zero attached hydrogens (tertiary/aromatic N) is 3. The standard InChI is InChI=1S/C24H27ClN4OS/c1-15-7-4-5-8-19(15)14-31-24-28-27-22(17(3)26-23(30)18-9-6-10-18)29(24)21-13-20(25)12-11-16(21)2/h4-5,7-8,11-13,17-18H,6,9-10,14H2,1-3H3,(H,26,30). The summed E-state index contributed by atoms with van der Waals surface area (Å²) in [4.78, 5) is 12.5. The van der Waals surface area contributed by atoms with Gasteiger partial charge in [-0.3, -0.25) is 9.36 Å². The van der Waals surface area contributed by atoms with E-state index >= 15 is 0 Å². The number of benzene rings is 2. The van der Waals surface area contributed by atoms with Gasteiger partial charge in [-0.05, 0) is 62.4 Å². The van der Waals surface area contributed by atoms with Crippen molar-refractivity contribution in [2.75, 3.05) is 0 Å². The Balaban J connectivity index is 1.67. The number of carbonyl (C=O) groups is 1. The van der Waals surface area contributed by atoms with Gasteiger partial charge in [0.1, 0.15) is 0 Å². The van der Waals surface area contributed by atoms with Crippen LogP contribution in [0.1, 0.15) is 54.7 Å². The summed E-state index contributed by atoms with van der Waals surface area (Å²) in [6.07, 6.45) is 3.07. The van der Waals surface area contributed by atoms with Crippen molar-refractivity contribution in [1.29, 1.82) is 0 Å². The van der Waals surface area contributed by atoms with Gasteiger partial charge >= 0.3 is 0 Å². The second-order valence-corrected chi connectivity index (χ2v) is 9.56. The van der Waals surface area contributed by atoms with Crippen molar-refractivity contribution in [2.45, 2.75) is 57.0 Å². The predicted molar refractivity (Wildman–Crippen MR) is 126 cm³/mol. The van der Waals surface area contributed by atoms with Crippen molar-refractivity contribution in [1.82, 2.24) is 20.1 Å². The normalized spacial score (nSPS) is 14.8. The van der Waals surface area contributed by atoms with Crippen molar-refractivity contribution >= 4 is 29.3 Å². The maximum Gasteiger partial charge on any atom is 0.223 e. The highest BCUT2D eigenvalue weighted by atomic mass is 35.5. The van der Waals surface area contributed by atoms with Crippen LogP contribution < -0.4 is 5.32 Å². The molecule has 1 heterocycles. The number of thioether (sulfide) groups is 1. The molecule has 5 nitrogen and oxygen atoms in total. The number of aromatic nitrogens is 3. The van der Waals surface area contributed by atoms with Crippen LogP contribution in [0.15, 0.2) is 47.6 Å². The third kappa shape index (κ3) is 4.80. The third-order valence-electron chi connectivity index (χ3n) is 5.91. The second-order valence-electron chi connectivity index (χ2n) is 8.18. The summed E-state index contributed by atoms with van der Waals surface area (Å²) < 4.78 is 2.04. The Hall–Kier alpha value is -2.31. The first kappa shape index (κ1) is 21.9. The second kappa shape index (κ2) is 9.45. The molecule has 31 heavy (non-hydrogen) atoms. The topological polar surface area (TPSA) is 59.8 Å². The van der Waals surface area contributed by atoms with Gasteiger partial charge in [-0.25, -0.2) is 0 Å². The first-order valence-corrected chi connectivity index (χ1v) is 12.0. The number of nitrogens with one attached hydrogen (secondary N) is 1. The van der Waals surface area contributed by atoms with Crippen molar-refractivity contribution in [2.24, 2.45) is 5.92 Å². The van der Waals surface area contributed by atoms with Gasteiger partial charge in [0.25, 0.3) is 0 Å². The maximum absolute atomic E-state index is 12.5. The SMILES string of the molecule is Cc1ccccc1CSc1nnc(C(C)NC(=O)C2CCC2)n1-c1cc(Cl)ccc1C. The number of aryl methyl sites for hydroxylation is 2. The molecule has 0 aliphatic heterocycles. The van der Waals surface area contributed by atoms with E-state index in [1.807, 2.05) is 42.7 Å². The van der Waals surface area contributed by atoms with Crippen LogP contribution in [0.2, 0.25) is 5.02 Å². The van der Waals surface area contributed by atoms with E-state index in [0.717, 1.165) is 41.4 Å². The van der Waals surface area contributed by atoms with Crippen LogP contribution in [-0.2, 0) is 10.5 Å². The van der Waals surface area contributed by atoms with E-state index in [1.54, 1.807) is 11.8 Å². The molecule has 1 saturated carbocycles. The van der Waals surface area contributed by atoms with E-state index in [2.05, 4.69) is 40.6 Å². The molecule has 3 aromatic rings. The highest BCUT2D eigenvalue weighted by Crippen LogP contribution is 2.32. The summed E-state index contributed by atoms with van der Waals surface area (Å²) in [6, 6.07) is 13.9. The van der Waals surface area contributed by atoms with Crippen LogP contribution in [0.5, 0.6) is 0 Å². The largest absolute Gasteiger partial charge is 0.346 e. The average molecular weight is 455 g/mol. The van der Waals surface area contributed by atoms with E-state index < -0.39 is 0 Å². The fourth-order valence-electron chi connectivity index (χ4n) is 3.69. The lowest BCUT2D eigenvalue weighted by Crippen LogP contribution is -2.36. The first-order valence-electron chi connectivity index (χ1n) is 10.6. The van der Waals surface area contributed by atoms with E-state index in [1.165, 1.54) is 11.1 Å². The summed E-state index contributed by atoms with van der Waals surface area (Å²) in [5.41, 5.74) is 4.52. The third-order valence-corrected chi connectivity index (χ3v) is 7.12. The van der Waals surface area contributed by atoms with Gasteiger partial charge < -0.3 is 5.32 Å². The Bertz CT molecular complexity index is 1090. The molecular formula is C24H27ClN4OS. The molecule has 1 aromatic heterocycles. The summed E-state index contributed by atoms with van der Waals surface area (Å²) in [7, 11) is 0. The minimum absolute atomic E-state index is 0.102. The van der Waals surface area contributed by atoms with Crippen molar-refractivity contribution in [3.63, 3.8) is 0 Å². The van der Waals surface area contributed by atoms with Crippen LogP contribution in [0.25, 0.3) is 5.69 Å². The molecule has 1 amide bonds. The van der Waals surface area contributed by atoms with Gasteiger partial charge in [-0.15, -0.1) is 10.2 Å². The average Bonchev–Trinajstić information content (AvgIpc) is 3.11. The number of amides is 1. The van der Waals surface area contributed by atoms with Crippen molar-refractivity contribution < 1.29 is 4.79 Å². The minimum Gasteiger partial charge on any atom is -0.346 e. The maximum atomic E-state index is 12.5. The smallest absolute Gasteiger partial charge is 0.223 e. The Kier molecular flexibility index (Phi) is 6.68. The zero-order valence-electron chi connectivity index (χ0n) is 18.1. The Morgan fingerprint density at radius 1 is 1.19 bits per heavy atom. The highest BCUT2D eigenvalue weighted by Gasteiger charge is 2.28. The van der Waals surface area contributed by atoms with Gasteiger partial charge in [0.2, 0.25) is 5.91 Å². The molecule has 1 fully saturated rings. The zero-order valence-corrected chi connectivity index (χ0v) is 19.6. The number of carbonyl (C=O) groups excluding carboxylic acids is 1. The molecule has 4 rings (SSSR count). The van der Waals surface area contributed by atoms with E-state index in [4.69, 9.17) is 11.6 Å². The molecule has 0 bridgehead atoms. The summed E-state index contributed by atoms with van der Waals surface area (Å²) >= 11 is 7.97. The first-order chi connectivity index (χ1) is 14.9. The molecule has 162 valence electrons. The zero-order chi connectivity index (χ0) is 22.0. The molecule has 1 aliphatic rings. The van der Waals surface area contributed by atoms with Gasteiger partial charge in [0, 0.05) is 16.7 Å². The number of rotatable bonds is 7. The predicted octanol–water partition coefficient (Wildman–Crippen LogP) is 5.81. The lowest BCUT2D eigenvalue weighted by atomic mass is 9.84. The minimum atomic E-state index is -0.258. The number of hydrogen-bond donors (Lipinski definition) is 1. The molecule has 0 spiro atoms. The van der Waals surface area contributed by atoms with Gasteiger partial charge in [-0.2, -0.15) is 0 Å². The van der Waals surface area contributed by atoms with Crippen molar-refractivity contribution in [3.8, 4) is 5.69 Å². The Labute approximate surface area is 192 Å². The molecule has 1 unspecified atom stereocenters. The van der Waals surface area contributed by atoms with Crippen LogP contribution >= 0.6 is 23.4 Å². The summed E-state index contributed by atoms with van der Waals surface area (Å²) in [5, 5.41) is 13.6. The number of halogens is 1. The van der Waals surface area contributed by atoms with E-state index in [0.29, 0.717) is 10.8 Å². The van der Waals surface area contributed by atoms with Gasteiger partial charge in [0.15, 0.2) is 11.0 Å². The Morgan fingerprint density at radius 3 is 2.68 bits per heavy atom. The van der Waals surface area contributed by atoms with E-state index in [9.17, 15) is 4.79 Å². The lowest BCUT2D eigenvalue weighted by Gasteiger charge is -2.26. The molecule has 7 heteroatoms. The summed E-state index contributed by atoms with van der Waals surface area (Å²) in [5.74, 6) is 1.73. The number of hydrogen-bond acceptors (Lipinski definition) is 4. The van der Waals surface area contributed by atoms with Crippen LogP contribution in [0, 0.1) is 19.8 Å². The molecule has 0 saturated heterocycles. The molecule has 0 radical (unpaired) electrons. The summed E-state index contributed by atoms with van der Waals surface area (Å²) in [6.45, 7) is 6.13. The molecule has 1 N–H and O–H groups in total. The van der Waals surface area contributed by atoms with Gasteiger partial charge in [0.05, 0.1) is 11.7 Å². The fourth-order valence-corrected chi connectivity index (χ4v) is 4.88. The molecular weight excluding hydrogens is 428 g/mol. The van der Waals surface area contributed by atoms with Crippen LogP contribution in [-0.4, -0.2) is 20.7 Å². The van der Waals surface area contributed by atoms with Crippen molar-refractivity contribution in [3.05, 3.63) is 70.0 Å². The van der Waals surface area contributed by atoms with E-state index in [-0.39, 0.29) is 17.9 Å². The van der Waals surface area contributed by atoms with Crippen LogP contribution in [0.3, 0.4) is 0 Å². The molecule has 2 aromatic carbocycles. The Morgan fingerprint density at radius 2 is 1.97 bits per heavy atom. The monoisotopic (exact) mass is 454 g/mol. The molecule has 1 aliphatic carbocycles.